The first-order chi connectivity index (χ1) is 11.2. The van der Waals surface area contributed by atoms with E-state index in [9.17, 15) is 13.2 Å². The van der Waals surface area contributed by atoms with Crippen LogP contribution in [0, 0.1) is 0 Å². The maximum absolute atomic E-state index is 12.7. The van der Waals surface area contributed by atoms with Crippen LogP contribution in [0.2, 0.25) is 0 Å². The highest BCUT2D eigenvalue weighted by atomic mass is 79.9. The van der Waals surface area contributed by atoms with Gasteiger partial charge >= 0.3 is 0 Å². The number of carbonyl (C=O) groups excluding carboxylic acids is 1. The fourth-order valence-corrected chi connectivity index (χ4v) is 4.31. The molecule has 24 heavy (non-hydrogen) atoms. The molecule has 0 spiro atoms. The Balaban J connectivity index is 2.36. The summed E-state index contributed by atoms with van der Waals surface area (Å²) in [5.41, 5.74) is 0.784. The maximum atomic E-state index is 12.7. The lowest BCUT2D eigenvalue weighted by atomic mass is 9.89. The molecule has 0 aromatic heterocycles. The Kier molecular flexibility index (Phi) is 5.50. The number of benzene rings is 2. The molecular formula is C18H20BrNO3S. The van der Waals surface area contributed by atoms with Crippen LogP contribution in [0.1, 0.15) is 36.2 Å². The van der Waals surface area contributed by atoms with E-state index in [0.29, 0.717) is 16.5 Å². The Bertz CT molecular complexity index is 850. The van der Waals surface area contributed by atoms with Gasteiger partial charge in [-0.15, -0.1) is 0 Å². The van der Waals surface area contributed by atoms with Crippen LogP contribution >= 0.6 is 15.9 Å². The van der Waals surface area contributed by atoms with Gasteiger partial charge in [-0.1, -0.05) is 37.3 Å². The molecule has 1 atom stereocenters. The van der Waals surface area contributed by atoms with Gasteiger partial charge in [0.2, 0.25) is 0 Å². The van der Waals surface area contributed by atoms with Gasteiger partial charge in [0.15, 0.2) is 9.84 Å². The van der Waals surface area contributed by atoms with Gasteiger partial charge < -0.3 is 5.32 Å². The molecule has 2 rings (SSSR count). The minimum absolute atomic E-state index is 0.105. The molecule has 0 aliphatic rings. The molecule has 0 aliphatic carbocycles. The van der Waals surface area contributed by atoms with E-state index in [2.05, 4.69) is 21.2 Å². The monoisotopic (exact) mass is 409 g/mol. The molecule has 0 radical (unpaired) electrons. The van der Waals surface area contributed by atoms with Gasteiger partial charge in [0.05, 0.1) is 10.4 Å². The smallest absolute Gasteiger partial charge is 0.252 e. The van der Waals surface area contributed by atoms with Crippen LogP contribution in [0.3, 0.4) is 0 Å². The molecule has 1 N–H and O–H groups in total. The molecule has 0 saturated carbocycles. The van der Waals surface area contributed by atoms with Crippen molar-refractivity contribution in [3.05, 3.63) is 64.1 Å². The van der Waals surface area contributed by atoms with Gasteiger partial charge in [-0.2, -0.15) is 0 Å². The van der Waals surface area contributed by atoms with E-state index in [1.165, 1.54) is 6.07 Å². The highest BCUT2D eigenvalue weighted by Crippen LogP contribution is 2.26. The zero-order chi connectivity index (χ0) is 18.0. The van der Waals surface area contributed by atoms with E-state index >= 15 is 0 Å². The molecule has 2 aromatic rings. The van der Waals surface area contributed by atoms with E-state index < -0.39 is 15.4 Å². The van der Waals surface area contributed by atoms with E-state index in [4.69, 9.17) is 0 Å². The standard InChI is InChI=1S/C18H20BrNO3S/c1-4-18(2,14-8-6-5-7-9-14)20-17(21)13-10-11-15(19)16(12-13)24(3,22)23/h5-12H,4H2,1-3H3,(H,20,21). The van der Waals surface area contributed by atoms with Crippen LogP contribution in [-0.2, 0) is 15.4 Å². The average molecular weight is 410 g/mol. The van der Waals surface area contributed by atoms with Crippen molar-refractivity contribution in [1.29, 1.82) is 0 Å². The minimum atomic E-state index is -3.42. The van der Waals surface area contributed by atoms with Crippen molar-refractivity contribution in [1.82, 2.24) is 5.32 Å². The van der Waals surface area contributed by atoms with Crippen LogP contribution < -0.4 is 5.32 Å². The van der Waals surface area contributed by atoms with Gasteiger partial charge in [-0.3, -0.25) is 4.79 Å². The first-order valence-corrected chi connectivity index (χ1v) is 10.2. The highest BCUT2D eigenvalue weighted by Gasteiger charge is 2.27. The summed E-state index contributed by atoms with van der Waals surface area (Å²) < 4.78 is 24.1. The molecule has 6 heteroatoms. The molecule has 1 unspecified atom stereocenters. The number of nitrogens with one attached hydrogen (secondary N) is 1. The second kappa shape index (κ2) is 7.07. The molecule has 0 fully saturated rings. The number of amides is 1. The van der Waals surface area contributed by atoms with E-state index in [1.54, 1.807) is 12.1 Å². The summed E-state index contributed by atoms with van der Waals surface area (Å²) in [5, 5.41) is 3.02. The van der Waals surface area contributed by atoms with Crippen LogP contribution in [-0.4, -0.2) is 20.6 Å². The van der Waals surface area contributed by atoms with Gasteiger partial charge in [0.1, 0.15) is 0 Å². The molecule has 0 saturated heterocycles. The summed E-state index contributed by atoms with van der Waals surface area (Å²) in [7, 11) is -3.42. The Labute approximate surface area is 151 Å². The Hall–Kier alpha value is -1.66. The third kappa shape index (κ3) is 4.05. The fourth-order valence-electron chi connectivity index (χ4n) is 2.42. The Morgan fingerprint density at radius 3 is 2.33 bits per heavy atom. The van der Waals surface area contributed by atoms with E-state index in [1.807, 2.05) is 44.2 Å². The lowest BCUT2D eigenvalue weighted by Crippen LogP contribution is -2.43. The molecule has 0 aliphatic heterocycles. The predicted molar refractivity (Wildman–Crippen MR) is 98.8 cm³/mol. The SMILES string of the molecule is CCC(C)(NC(=O)c1ccc(Br)c(S(C)(=O)=O)c1)c1ccccc1. The normalized spacial score (nSPS) is 14.0. The molecule has 128 valence electrons. The van der Waals surface area contributed by atoms with Crippen LogP contribution in [0.5, 0.6) is 0 Å². The first kappa shape index (κ1) is 18.7. The number of hydrogen-bond acceptors (Lipinski definition) is 3. The summed E-state index contributed by atoms with van der Waals surface area (Å²) in [4.78, 5) is 12.8. The quantitative estimate of drug-likeness (QED) is 0.813. The number of rotatable bonds is 5. The van der Waals surface area contributed by atoms with Crippen molar-refractivity contribution >= 4 is 31.7 Å². The second-order valence-electron chi connectivity index (χ2n) is 5.92. The van der Waals surface area contributed by atoms with Crippen molar-refractivity contribution in [2.45, 2.75) is 30.7 Å². The van der Waals surface area contributed by atoms with Gasteiger partial charge in [-0.05, 0) is 53.0 Å². The summed E-state index contributed by atoms with van der Waals surface area (Å²) in [6, 6.07) is 14.3. The molecule has 1 amide bonds. The third-order valence-electron chi connectivity index (χ3n) is 4.10. The van der Waals surface area contributed by atoms with Crippen molar-refractivity contribution < 1.29 is 13.2 Å². The van der Waals surface area contributed by atoms with Crippen molar-refractivity contribution in [2.75, 3.05) is 6.26 Å². The number of carbonyl (C=O) groups is 1. The largest absolute Gasteiger partial charge is 0.343 e. The summed E-state index contributed by atoms with van der Waals surface area (Å²) >= 11 is 3.22. The molecule has 4 nitrogen and oxygen atoms in total. The molecule has 0 heterocycles. The Morgan fingerprint density at radius 1 is 1.17 bits per heavy atom. The molecule has 0 bridgehead atoms. The van der Waals surface area contributed by atoms with Crippen LogP contribution in [0.4, 0.5) is 0 Å². The summed E-state index contributed by atoms with van der Waals surface area (Å²) in [6.07, 6.45) is 1.83. The number of halogens is 1. The maximum Gasteiger partial charge on any atom is 0.252 e. The molecular weight excluding hydrogens is 390 g/mol. The second-order valence-corrected chi connectivity index (χ2v) is 8.76. The van der Waals surface area contributed by atoms with Crippen molar-refractivity contribution in [2.24, 2.45) is 0 Å². The van der Waals surface area contributed by atoms with Crippen LogP contribution in [0.15, 0.2) is 57.9 Å². The van der Waals surface area contributed by atoms with Crippen molar-refractivity contribution in [3.63, 3.8) is 0 Å². The van der Waals surface area contributed by atoms with E-state index in [-0.39, 0.29) is 10.8 Å². The first-order valence-electron chi connectivity index (χ1n) is 7.55. The summed E-state index contributed by atoms with van der Waals surface area (Å²) in [5.74, 6) is -0.305. The number of hydrogen-bond donors (Lipinski definition) is 1. The average Bonchev–Trinajstić information content (AvgIpc) is 2.54. The zero-order valence-electron chi connectivity index (χ0n) is 13.8. The van der Waals surface area contributed by atoms with Gasteiger partial charge in [0.25, 0.3) is 5.91 Å². The van der Waals surface area contributed by atoms with E-state index in [0.717, 1.165) is 11.8 Å². The third-order valence-corrected chi connectivity index (χ3v) is 6.19. The number of sulfone groups is 1. The zero-order valence-corrected chi connectivity index (χ0v) is 16.2. The fraction of sp³-hybridized carbons (Fsp3) is 0.278. The van der Waals surface area contributed by atoms with Gasteiger partial charge in [0, 0.05) is 16.3 Å². The topological polar surface area (TPSA) is 63.2 Å². The Morgan fingerprint density at radius 2 is 1.79 bits per heavy atom. The summed E-state index contributed by atoms with van der Waals surface area (Å²) in [6.45, 7) is 3.95. The minimum Gasteiger partial charge on any atom is -0.343 e. The van der Waals surface area contributed by atoms with Crippen molar-refractivity contribution in [3.8, 4) is 0 Å². The van der Waals surface area contributed by atoms with Gasteiger partial charge in [-0.25, -0.2) is 8.42 Å². The highest BCUT2D eigenvalue weighted by molar-refractivity contribution is 9.10. The predicted octanol–water partition coefficient (Wildman–Crippen LogP) is 3.91. The van der Waals surface area contributed by atoms with Crippen LogP contribution in [0.25, 0.3) is 0 Å². The lowest BCUT2D eigenvalue weighted by molar-refractivity contribution is 0.0902. The lowest BCUT2D eigenvalue weighted by Gasteiger charge is -2.30. The molecule has 2 aromatic carbocycles.